The minimum atomic E-state index is -3.75. The second kappa shape index (κ2) is 10.8. The van der Waals surface area contributed by atoms with Crippen LogP contribution in [0.15, 0.2) is 47.6 Å². The molecule has 2 aromatic rings. The van der Waals surface area contributed by atoms with E-state index < -0.39 is 20.0 Å². The molecule has 0 radical (unpaired) electrons. The summed E-state index contributed by atoms with van der Waals surface area (Å²) in [5.74, 6) is 0.796. The van der Waals surface area contributed by atoms with E-state index in [0.717, 1.165) is 31.4 Å². The quantitative estimate of drug-likeness (QED) is 0.446. The Kier molecular flexibility index (Phi) is 7.85. The molecule has 0 amide bonds. The summed E-state index contributed by atoms with van der Waals surface area (Å²) in [6.07, 6.45) is 8.88. The average molecular weight is 568 g/mol. The summed E-state index contributed by atoms with van der Waals surface area (Å²) in [6.45, 7) is 2.18. The molecular formula is C26H34ClN3O5S2. The topological polar surface area (TPSA) is 96.9 Å². The number of halogens is 1. The molecule has 3 saturated heterocycles. The van der Waals surface area contributed by atoms with Crippen molar-refractivity contribution in [2.45, 2.75) is 87.4 Å². The van der Waals surface area contributed by atoms with Gasteiger partial charge in [0.1, 0.15) is 16.7 Å². The highest BCUT2D eigenvalue weighted by Crippen LogP contribution is 2.40. The van der Waals surface area contributed by atoms with Crippen molar-refractivity contribution < 1.29 is 21.6 Å². The van der Waals surface area contributed by atoms with Gasteiger partial charge in [0.25, 0.3) is 0 Å². The van der Waals surface area contributed by atoms with Crippen molar-refractivity contribution in [1.82, 2.24) is 13.6 Å². The van der Waals surface area contributed by atoms with E-state index in [1.54, 1.807) is 41.8 Å². The van der Waals surface area contributed by atoms with Gasteiger partial charge in [0, 0.05) is 49.9 Å². The van der Waals surface area contributed by atoms with Crippen LogP contribution in [0, 0.1) is 6.92 Å². The maximum atomic E-state index is 13.4. The van der Waals surface area contributed by atoms with E-state index >= 15 is 0 Å². The fourth-order valence-electron chi connectivity index (χ4n) is 6.33. The predicted octanol–water partition coefficient (Wildman–Crippen LogP) is 4.38. The lowest BCUT2D eigenvalue weighted by atomic mass is 10.0. The molecule has 5 rings (SSSR count). The van der Waals surface area contributed by atoms with Gasteiger partial charge in [0.15, 0.2) is 0 Å². The summed E-state index contributed by atoms with van der Waals surface area (Å²) in [7, 11) is -7.20. The number of sulfonamides is 2. The van der Waals surface area contributed by atoms with Gasteiger partial charge in [-0.2, -0.15) is 8.61 Å². The van der Waals surface area contributed by atoms with E-state index in [1.807, 2.05) is 12.1 Å². The maximum absolute atomic E-state index is 13.4. The first kappa shape index (κ1) is 26.9. The normalized spacial score (nSPS) is 27.0. The highest BCUT2D eigenvalue weighted by Gasteiger charge is 2.47. The van der Waals surface area contributed by atoms with Gasteiger partial charge in [-0.25, -0.2) is 16.8 Å². The number of piperidine rings is 1. The molecule has 3 fully saturated rings. The fraction of sp³-hybridized carbons (Fsp3) is 0.577. The summed E-state index contributed by atoms with van der Waals surface area (Å²) < 4.78 is 63.1. The van der Waals surface area contributed by atoms with E-state index in [2.05, 4.69) is 4.98 Å². The third-order valence-corrected chi connectivity index (χ3v) is 12.5. The number of nitrogens with zero attached hydrogens (tertiary/aromatic N) is 3. The molecule has 37 heavy (non-hydrogen) atoms. The molecule has 0 aliphatic carbocycles. The molecule has 1 aromatic carbocycles. The zero-order chi connectivity index (χ0) is 26.2. The number of benzene rings is 1. The van der Waals surface area contributed by atoms with Crippen LogP contribution in [-0.4, -0.2) is 67.0 Å². The largest absolute Gasteiger partial charge is 0.490 e. The van der Waals surface area contributed by atoms with Crippen molar-refractivity contribution in [3.05, 3.63) is 53.3 Å². The molecule has 3 aliphatic rings. The Morgan fingerprint density at radius 1 is 1.03 bits per heavy atom. The smallest absolute Gasteiger partial charge is 0.245 e. The molecule has 11 heteroatoms. The van der Waals surface area contributed by atoms with Crippen LogP contribution in [0.5, 0.6) is 5.75 Å². The number of hydrogen-bond acceptors (Lipinski definition) is 6. The van der Waals surface area contributed by atoms with Gasteiger partial charge in [-0.3, -0.25) is 4.98 Å². The molecule has 202 valence electrons. The fourth-order valence-corrected chi connectivity index (χ4v) is 10.9. The van der Waals surface area contributed by atoms with Crippen LogP contribution in [-0.2, 0) is 20.0 Å². The van der Waals surface area contributed by atoms with Crippen LogP contribution in [0.3, 0.4) is 0 Å². The number of pyridine rings is 1. The van der Waals surface area contributed by atoms with Crippen LogP contribution in [0.2, 0.25) is 5.02 Å². The van der Waals surface area contributed by atoms with Crippen molar-refractivity contribution in [2.75, 3.05) is 12.3 Å². The Labute approximate surface area is 225 Å². The first-order valence-electron chi connectivity index (χ1n) is 13.0. The summed E-state index contributed by atoms with van der Waals surface area (Å²) >= 11 is 6.28. The molecule has 3 atom stereocenters. The van der Waals surface area contributed by atoms with Crippen LogP contribution < -0.4 is 4.74 Å². The van der Waals surface area contributed by atoms with Gasteiger partial charge in [0.05, 0.1) is 10.8 Å². The number of aryl methyl sites for hydroxylation is 1. The van der Waals surface area contributed by atoms with Gasteiger partial charge in [-0.15, -0.1) is 0 Å². The highest BCUT2D eigenvalue weighted by atomic mass is 35.5. The standard InChI is InChI=1S/C26H34ClN3O5S2/c1-19-5-2-8-25(27)26(19)37(33,34)29-15-3-6-20(29)7-4-16-36(31,32)30-21-9-10-22(30)18-24(17-21)35-23-11-13-28-14-12-23/h2,5,8,11-14,20-22,24H,3-4,6-7,9-10,15-18H2,1H3/t20-,21?,22?,24?/m0/s1. The van der Waals surface area contributed by atoms with Gasteiger partial charge in [-0.05, 0) is 69.2 Å². The second-order valence-corrected chi connectivity index (χ2v) is 14.6. The van der Waals surface area contributed by atoms with E-state index in [4.69, 9.17) is 16.3 Å². The maximum Gasteiger partial charge on any atom is 0.245 e. The minimum Gasteiger partial charge on any atom is -0.490 e. The molecule has 8 nitrogen and oxygen atoms in total. The van der Waals surface area contributed by atoms with E-state index in [9.17, 15) is 16.8 Å². The van der Waals surface area contributed by atoms with Gasteiger partial charge in [-0.1, -0.05) is 23.7 Å². The lowest BCUT2D eigenvalue weighted by Crippen LogP contribution is -2.50. The second-order valence-electron chi connectivity index (χ2n) is 10.4. The zero-order valence-electron chi connectivity index (χ0n) is 21.0. The summed E-state index contributed by atoms with van der Waals surface area (Å²) in [5.41, 5.74) is 0.618. The van der Waals surface area contributed by atoms with Crippen LogP contribution in [0.4, 0.5) is 0 Å². The molecule has 0 N–H and O–H groups in total. The van der Waals surface area contributed by atoms with Crippen LogP contribution in [0.25, 0.3) is 0 Å². The average Bonchev–Trinajstić information content (AvgIpc) is 3.43. The zero-order valence-corrected chi connectivity index (χ0v) is 23.4. The van der Waals surface area contributed by atoms with Crippen molar-refractivity contribution in [3.63, 3.8) is 0 Å². The third kappa shape index (κ3) is 5.54. The lowest BCUT2D eigenvalue weighted by Gasteiger charge is -2.38. The van der Waals surface area contributed by atoms with Gasteiger partial charge in [0.2, 0.25) is 20.0 Å². The first-order chi connectivity index (χ1) is 17.7. The summed E-state index contributed by atoms with van der Waals surface area (Å²) in [4.78, 5) is 4.17. The number of rotatable bonds is 9. The highest BCUT2D eigenvalue weighted by molar-refractivity contribution is 7.89. The van der Waals surface area contributed by atoms with Crippen LogP contribution >= 0.6 is 11.6 Å². The van der Waals surface area contributed by atoms with E-state index in [0.29, 0.717) is 37.8 Å². The molecule has 1 aromatic heterocycles. The molecule has 2 bridgehead atoms. The summed E-state index contributed by atoms with van der Waals surface area (Å²) in [6, 6.07) is 8.44. The van der Waals surface area contributed by atoms with Crippen LogP contribution in [0.1, 0.15) is 56.9 Å². The molecule has 3 aliphatic heterocycles. The Hall–Kier alpha value is -1.72. The van der Waals surface area contributed by atoms with E-state index in [-0.39, 0.29) is 39.9 Å². The number of fused-ring (bicyclic) bond motifs is 2. The molecular weight excluding hydrogens is 534 g/mol. The monoisotopic (exact) mass is 567 g/mol. The SMILES string of the molecule is Cc1cccc(Cl)c1S(=O)(=O)N1CCC[C@H]1CCCS(=O)(=O)N1C2CCC1CC(Oc1ccncc1)C2. The lowest BCUT2D eigenvalue weighted by molar-refractivity contribution is 0.0956. The third-order valence-electron chi connectivity index (χ3n) is 7.89. The minimum absolute atomic E-state index is 0.00290. The number of aromatic nitrogens is 1. The molecule has 0 saturated carbocycles. The Morgan fingerprint density at radius 2 is 1.73 bits per heavy atom. The number of hydrogen-bond donors (Lipinski definition) is 0. The Balaban J connectivity index is 1.20. The molecule has 4 heterocycles. The van der Waals surface area contributed by atoms with Crippen molar-refractivity contribution in [2.24, 2.45) is 0 Å². The predicted molar refractivity (Wildman–Crippen MR) is 143 cm³/mol. The molecule has 0 spiro atoms. The van der Waals surface area contributed by atoms with E-state index in [1.165, 1.54) is 4.31 Å². The van der Waals surface area contributed by atoms with Gasteiger partial charge >= 0.3 is 0 Å². The molecule has 2 unspecified atom stereocenters. The Bertz CT molecular complexity index is 1290. The van der Waals surface area contributed by atoms with Crippen molar-refractivity contribution in [3.8, 4) is 5.75 Å². The van der Waals surface area contributed by atoms with Gasteiger partial charge < -0.3 is 4.74 Å². The Morgan fingerprint density at radius 3 is 2.41 bits per heavy atom. The number of ether oxygens (including phenoxy) is 1. The summed E-state index contributed by atoms with van der Waals surface area (Å²) in [5, 5.41) is 0.222. The van der Waals surface area contributed by atoms with Crippen molar-refractivity contribution in [1.29, 1.82) is 0 Å². The first-order valence-corrected chi connectivity index (χ1v) is 16.4. The van der Waals surface area contributed by atoms with Crippen molar-refractivity contribution >= 4 is 31.6 Å².